The molecule has 0 aliphatic carbocycles. The Labute approximate surface area is 140 Å². The number of nitrogens with two attached hydrogens (primary N) is 1. The van der Waals surface area contributed by atoms with E-state index in [1.54, 1.807) is 0 Å². The molecule has 2 nitrogen and oxygen atoms in total. The zero-order chi connectivity index (χ0) is 15.4. The van der Waals surface area contributed by atoms with E-state index in [4.69, 9.17) is 17.3 Å². The first kappa shape index (κ1) is 16.3. The van der Waals surface area contributed by atoms with Gasteiger partial charge in [0.15, 0.2) is 0 Å². The zero-order valence-corrected chi connectivity index (χ0v) is 14.7. The topological polar surface area (TPSA) is 29.3 Å². The Morgan fingerprint density at radius 3 is 2.57 bits per heavy atom. The number of anilines is 1. The Morgan fingerprint density at radius 2 is 2.00 bits per heavy atom. The van der Waals surface area contributed by atoms with Crippen molar-refractivity contribution in [3.63, 3.8) is 0 Å². The maximum atomic E-state index is 6.23. The van der Waals surface area contributed by atoms with E-state index in [1.807, 2.05) is 12.1 Å². The van der Waals surface area contributed by atoms with Crippen molar-refractivity contribution < 1.29 is 0 Å². The highest BCUT2D eigenvalue weighted by atomic mass is 79.9. The Kier molecular flexibility index (Phi) is 5.68. The van der Waals surface area contributed by atoms with Crippen molar-refractivity contribution in [3.8, 4) is 0 Å². The van der Waals surface area contributed by atoms with Crippen molar-refractivity contribution in [1.29, 1.82) is 0 Å². The number of hydrogen-bond acceptors (Lipinski definition) is 2. The van der Waals surface area contributed by atoms with Crippen molar-refractivity contribution in [2.75, 3.05) is 18.0 Å². The minimum absolute atomic E-state index is 0.113. The molecular weight excluding hydrogens is 348 g/mol. The van der Waals surface area contributed by atoms with Gasteiger partial charge < -0.3 is 10.6 Å². The monoisotopic (exact) mass is 366 g/mol. The predicted octanol–water partition coefficient (Wildman–Crippen LogP) is 4.94. The molecule has 0 radical (unpaired) electrons. The van der Waals surface area contributed by atoms with Gasteiger partial charge in [-0.05, 0) is 65.2 Å². The molecule has 4 heteroatoms. The molecule has 1 atom stereocenters. The largest absolute Gasteiger partial charge is 0.363 e. The van der Waals surface area contributed by atoms with Gasteiger partial charge in [0.1, 0.15) is 0 Å². The minimum Gasteiger partial charge on any atom is -0.363 e. The molecular formula is C17H20BrClN2. The maximum absolute atomic E-state index is 6.23. The Bertz CT molecular complexity index is 615. The molecule has 0 spiro atoms. The van der Waals surface area contributed by atoms with E-state index < -0.39 is 0 Å². The van der Waals surface area contributed by atoms with Crippen LogP contribution in [0.2, 0.25) is 5.02 Å². The van der Waals surface area contributed by atoms with Crippen LogP contribution in [-0.4, -0.2) is 13.1 Å². The molecule has 2 rings (SSSR count). The normalized spacial score (nSPS) is 12.2. The third kappa shape index (κ3) is 3.79. The van der Waals surface area contributed by atoms with Crippen LogP contribution in [0, 0.1) is 6.92 Å². The highest BCUT2D eigenvalue weighted by Crippen LogP contribution is 2.31. The summed E-state index contributed by atoms with van der Waals surface area (Å²) in [6.07, 6.45) is 0. The van der Waals surface area contributed by atoms with Crippen molar-refractivity contribution in [3.05, 3.63) is 63.1 Å². The van der Waals surface area contributed by atoms with E-state index >= 15 is 0 Å². The number of aryl methyl sites for hydroxylation is 1. The number of nitrogens with zero attached hydrogens (tertiary/aromatic N) is 1. The minimum atomic E-state index is 0.113. The standard InChI is InChI=1S/C17H20BrClN2/c1-3-21(14-6-4-5-12(2)9-14)17(11-20)13-7-8-15(18)16(19)10-13/h4-10,17H,3,11,20H2,1-2H3. The Hall–Kier alpha value is -1.03. The fourth-order valence-electron chi connectivity index (χ4n) is 2.55. The molecule has 0 saturated heterocycles. The van der Waals surface area contributed by atoms with Gasteiger partial charge in [0, 0.05) is 23.2 Å². The van der Waals surface area contributed by atoms with E-state index in [-0.39, 0.29) is 6.04 Å². The van der Waals surface area contributed by atoms with Crippen LogP contribution in [0.25, 0.3) is 0 Å². The summed E-state index contributed by atoms with van der Waals surface area (Å²) in [5.74, 6) is 0. The van der Waals surface area contributed by atoms with Crippen molar-refractivity contribution >= 4 is 33.2 Å². The molecule has 0 saturated carbocycles. The highest BCUT2D eigenvalue weighted by molar-refractivity contribution is 9.10. The van der Waals surface area contributed by atoms with Gasteiger partial charge in [0.05, 0.1) is 11.1 Å². The molecule has 0 bridgehead atoms. The van der Waals surface area contributed by atoms with E-state index in [0.717, 1.165) is 16.6 Å². The van der Waals surface area contributed by atoms with Crippen LogP contribution in [0.1, 0.15) is 24.1 Å². The molecule has 1 unspecified atom stereocenters. The van der Waals surface area contributed by atoms with Gasteiger partial charge in [0.2, 0.25) is 0 Å². The van der Waals surface area contributed by atoms with Crippen molar-refractivity contribution in [1.82, 2.24) is 0 Å². The summed E-state index contributed by atoms with van der Waals surface area (Å²) in [6, 6.07) is 14.6. The van der Waals surface area contributed by atoms with Gasteiger partial charge >= 0.3 is 0 Å². The molecule has 2 N–H and O–H groups in total. The van der Waals surface area contributed by atoms with Crippen LogP contribution >= 0.6 is 27.5 Å². The van der Waals surface area contributed by atoms with E-state index in [0.29, 0.717) is 11.6 Å². The average molecular weight is 368 g/mol. The van der Waals surface area contributed by atoms with Crippen molar-refractivity contribution in [2.24, 2.45) is 5.73 Å². The number of likely N-dealkylation sites (N-methyl/N-ethyl adjacent to an activating group) is 1. The second kappa shape index (κ2) is 7.30. The number of rotatable bonds is 5. The van der Waals surface area contributed by atoms with Crippen LogP contribution in [0.4, 0.5) is 5.69 Å². The molecule has 2 aromatic carbocycles. The highest BCUT2D eigenvalue weighted by Gasteiger charge is 2.19. The molecule has 0 aromatic heterocycles. The molecule has 2 aromatic rings. The quantitative estimate of drug-likeness (QED) is 0.811. The second-order valence-electron chi connectivity index (χ2n) is 5.05. The van der Waals surface area contributed by atoms with Gasteiger partial charge in [-0.25, -0.2) is 0 Å². The summed E-state index contributed by atoms with van der Waals surface area (Å²) in [5, 5.41) is 0.714. The van der Waals surface area contributed by atoms with E-state index in [2.05, 4.69) is 65.0 Å². The van der Waals surface area contributed by atoms with Crippen LogP contribution in [-0.2, 0) is 0 Å². The summed E-state index contributed by atoms with van der Waals surface area (Å²) in [4.78, 5) is 2.31. The zero-order valence-electron chi connectivity index (χ0n) is 12.3. The molecule has 112 valence electrons. The molecule has 0 aliphatic heterocycles. The number of benzene rings is 2. The number of halogens is 2. The first-order valence-electron chi connectivity index (χ1n) is 7.05. The molecule has 0 heterocycles. The third-order valence-electron chi connectivity index (χ3n) is 3.60. The SMILES string of the molecule is CCN(c1cccc(C)c1)C(CN)c1ccc(Br)c(Cl)c1. The second-order valence-corrected chi connectivity index (χ2v) is 6.31. The summed E-state index contributed by atoms with van der Waals surface area (Å²) < 4.78 is 0.905. The summed E-state index contributed by atoms with van der Waals surface area (Å²) in [6.45, 7) is 5.68. The van der Waals surface area contributed by atoms with E-state index in [1.165, 1.54) is 11.3 Å². The smallest absolute Gasteiger partial charge is 0.0665 e. The van der Waals surface area contributed by atoms with Gasteiger partial charge in [-0.1, -0.05) is 29.8 Å². The van der Waals surface area contributed by atoms with Gasteiger partial charge in [-0.15, -0.1) is 0 Å². The fourth-order valence-corrected chi connectivity index (χ4v) is 2.99. The first-order valence-corrected chi connectivity index (χ1v) is 8.22. The van der Waals surface area contributed by atoms with Gasteiger partial charge in [0.25, 0.3) is 0 Å². The lowest BCUT2D eigenvalue weighted by atomic mass is 10.0. The lowest BCUT2D eigenvalue weighted by Gasteiger charge is -2.33. The Morgan fingerprint density at radius 1 is 1.24 bits per heavy atom. The predicted molar refractivity (Wildman–Crippen MR) is 95.1 cm³/mol. The summed E-state index contributed by atoms with van der Waals surface area (Å²) in [7, 11) is 0. The summed E-state index contributed by atoms with van der Waals surface area (Å²) >= 11 is 9.66. The lowest BCUT2D eigenvalue weighted by Crippen LogP contribution is -2.33. The molecule has 0 aliphatic rings. The number of hydrogen-bond donors (Lipinski definition) is 1. The molecule has 0 fully saturated rings. The molecule has 21 heavy (non-hydrogen) atoms. The van der Waals surface area contributed by atoms with Crippen LogP contribution in [0.5, 0.6) is 0 Å². The van der Waals surface area contributed by atoms with Gasteiger partial charge in [-0.3, -0.25) is 0 Å². The molecule has 0 amide bonds. The van der Waals surface area contributed by atoms with Crippen LogP contribution < -0.4 is 10.6 Å². The third-order valence-corrected chi connectivity index (χ3v) is 4.83. The van der Waals surface area contributed by atoms with Crippen molar-refractivity contribution in [2.45, 2.75) is 19.9 Å². The first-order chi connectivity index (χ1) is 10.1. The van der Waals surface area contributed by atoms with Crippen LogP contribution in [0.15, 0.2) is 46.9 Å². The average Bonchev–Trinajstić information content (AvgIpc) is 2.47. The lowest BCUT2D eigenvalue weighted by molar-refractivity contribution is 0.643. The van der Waals surface area contributed by atoms with Gasteiger partial charge in [-0.2, -0.15) is 0 Å². The van der Waals surface area contributed by atoms with E-state index in [9.17, 15) is 0 Å². The van der Waals surface area contributed by atoms with Crippen LogP contribution in [0.3, 0.4) is 0 Å². The maximum Gasteiger partial charge on any atom is 0.0665 e. The summed E-state index contributed by atoms with van der Waals surface area (Å²) in [5.41, 5.74) is 9.61. The Balaban J connectivity index is 2.39. The fraction of sp³-hybridized carbons (Fsp3) is 0.294.